The van der Waals surface area contributed by atoms with E-state index in [0.717, 1.165) is 5.56 Å². The second-order valence-electron chi connectivity index (χ2n) is 4.43. The van der Waals surface area contributed by atoms with Crippen LogP contribution < -0.4 is 5.73 Å². The fourth-order valence-corrected chi connectivity index (χ4v) is 1.75. The fourth-order valence-electron chi connectivity index (χ4n) is 1.62. The number of nitrogens with two attached hydrogens (primary N) is 1. The van der Waals surface area contributed by atoms with E-state index in [1.165, 1.54) is 11.9 Å². The summed E-state index contributed by atoms with van der Waals surface area (Å²) in [7, 11) is 1.46. The maximum absolute atomic E-state index is 12.0. The molecule has 0 aliphatic heterocycles. The first-order valence-corrected chi connectivity index (χ1v) is 6.29. The van der Waals surface area contributed by atoms with Crippen LogP contribution in [0.15, 0.2) is 24.3 Å². The highest BCUT2D eigenvalue weighted by Crippen LogP contribution is 2.22. The van der Waals surface area contributed by atoms with Gasteiger partial charge in [-0.2, -0.15) is 13.2 Å². The summed E-state index contributed by atoms with van der Waals surface area (Å²) >= 11 is 4.84. The zero-order chi connectivity index (χ0) is 15.3. The van der Waals surface area contributed by atoms with Gasteiger partial charge in [-0.05, 0) is 11.6 Å². The van der Waals surface area contributed by atoms with Gasteiger partial charge in [-0.25, -0.2) is 0 Å². The minimum atomic E-state index is -4.32. The Morgan fingerprint density at radius 3 is 2.60 bits per heavy atom. The van der Waals surface area contributed by atoms with Crippen LogP contribution in [0.2, 0.25) is 0 Å². The molecule has 0 radical (unpaired) electrons. The molecule has 0 fully saturated rings. The molecular formula is C13H15F3N2OS. The van der Waals surface area contributed by atoms with Crippen LogP contribution >= 0.6 is 12.2 Å². The number of thiocarbonyl (C=S) groups is 1. The van der Waals surface area contributed by atoms with Crippen molar-refractivity contribution in [1.29, 1.82) is 0 Å². The number of nitrogens with zero attached hydrogens (tertiary/aromatic N) is 1. The van der Waals surface area contributed by atoms with Gasteiger partial charge in [0.25, 0.3) is 0 Å². The zero-order valence-electron chi connectivity index (χ0n) is 10.9. The molecule has 1 amide bonds. The van der Waals surface area contributed by atoms with Crippen LogP contribution in [0.4, 0.5) is 13.2 Å². The van der Waals surface area contributed by atoms with E-state index in [1.54, 1.807) is 24.3 Å². The second kappa shape index (κ2) is 6.69. The maximum Gasteiger partial charge on any atom is 0.389 e. The van der Waals surface area contributed by atoms with Gasteiger partial charge in [-0.3, -0.25) is 4.79 Å². The predicted octanol–water partition coefficient (Wildman–Crippen LogP) is 2.62. The number of amides is 1. The molecule has 0 aliphatic carbocycles. The highest BCUT2D eigenvalue weighted by molar-refractivity contribution is 7.80. The van der Waals surface area contributed by atoms with Crippen molar-refractivity contribution >= 4 is 23.1 Å². The largest absolute Gasteiger partial charge is 0.389 e. The van der Waals surface area contributed by atoms with E-state index in [4.69, 9.17) is 18.0 Å². The van der Waals surface area contributed by atoms with E-state index >= 15 is 0 Å². The molecule has 7 heteroatoms. The maximum atomic E-state index is 12.0. The monoisotopic (exact) mass is 304 g/mol. The van der Waals surface area contributed by atoms with Crippen molar-refractivity contribution in [2.45, 2.75) is 25.6 Å². The van der Waals surface area contributed by atoms with Gasteiger partial charge >= 0.3 is 6.18 Å². The Morgan fingerprint density at radius 2 is 2.05 bits per heavy atom. The summed E-state index contributed by atoms with van der Waals surface area (Å²) in [6.07, 6.45) is -5.97. The summed E-state index contributed by atoms with van der Waals surface area (Å²) in [4.78, 5) is 13.1. The smallest absolute Gasteiger partial charge is 0.389 e. The lowest BCUT2D eigenvalue weighted by Gasteiger charge is -2.18. The fraction of sp³-hybridized carbons (Fsp3) is 0.385. The molecule has 1 aromatic carbocycles. The van der Waals surface area contributed by atoms with E-state index in [-0.39, 0.29) is 11.5 Å². The topological polar surface area (TPSA) is 46.3 Å². The number of alkyl halides is 3. The number of carbonyl (C=O) groups is 1. The summed E-state index contributed by atoms with van der Waals surface area (Å²) in [6, 6.07) is 6.94. The molecule has 0 saturated carbocycles. The van der Waals surface area contributed by atoms with Crippen LogP contribution in [0.3, 0.4) is 0 Å². The van der Waals surface area contributed by atoms with Crippen LogP contribution in [-0.2, 0) is 11.3 Å². The first-order valence-electron chi connectivity index (χ1n) is 5.88. The molecule has 0 unspecified atom stereocenters. The van der Waals surface area contributed by atoms with Gasteiger partial charge in [-0.15, -0.1) is 0 Å². The van der Waals surface area contributed by atoms with Gasteiger partial charge in [-0.1, -0.05) is 30.4 Å². The molecule has 0 aromatic heterocycles. The van der Waals surface area contributed by atoms with E-state index in [2.05, 4.69) is 0 Å². The summed E-state index contributed by atoms with van der Waals surface area (Å²) in [5.74, 6) is -0.553. The third kappa shape index (κ3) is 5.56. The van der Waals surface area contributed by atoms with Crippen LogP contribution in [0.5, 0.6) is 0 Å². The number of halogens is 3. The van der Waals surface area contributed by atoms with Crippen molar-refractivity contribution < 1.29 is 18.0 Å². The van der Waals surface area contributed by atoms with Crippen LogP contribution in [0, 0.1) is 0 Å². The van der Waals surface area contributed by atoms with Gasteiger partial charge in [0.1, 0.15) is 4.99 Å². The van der Waals surface area contributed by atoms with Crippen molar-refractivity contribution in [3.63, 3.8) is 0 Å². The Labute approximate surface area is 120 Å². The van der Waals surface area contributed by atoms with Crippen molar-refractivity contribution in [2.75, 3.05) is 7.05 Å². The van der Waals surface area contributed by atoms with Crippen molar-refractivity contribution in [3.05, 3.63) is 35.4 Å². The van der Waals surface area contributed by atoms with Crippen LogP contribution in [-0.4, -0.2) is 29.0 Å². The lowest BCUT2D eigenvalue weighted by atomic mass is 10.1. The molecular weight excluding hydrogens is 289 g/mol. The zero-order valence-corrected chi connectivity index (χ0v) is 11.7. The molecule has 0 spiro atoms. The minimum Gasteiger partial charge on any atom is -0.389 e. The summed E-state index contributed by atoms with van der Waals surface area (Å²) in [5.41, 5.74) is 6.92. The van der Waals surface area contributed by atoms with Crippen LogP contribution in [0.25, 0.3) is 0 Å². The highest BCUT2D eigenvalue weighted by Gasteiger charge is 2.28. The lowest BCUT2D eigenvalue weighted by molar-refractivity contribution is -0.148. The highest BCUT2D eigenvalue weighted by atomic mass is 32.1. The molecule has 20 heavy (non-hydrogen) atoms. The van der Waals surface area contributed by atoms with Crippen LogP contribution in [0.1, 0.15) is 24.0 Å². The number of hydrogen-bond acceptors (Lipinski definition) is 2. The third-order valence-electron chi connectivity index (χ3n) is 2.68. The molecule has 2 N–H and O–H groups in total. The number of benzene rings is 1. The first kappa shape index (κ1) is 16.4. The molecule has 0 atom stereocenters. The van der Waals surface area contributed by atoms with Gasteiger partial charge in [0.15, 0.2) is 0 Å². The standard InChI is InChI=1S/C13H15F3N2OS/c1-18(11(19)5-6-13(14,15)16)8-9-3-2-4-10(7-9)12(17)20/h2-4,7H,5-6,8H2,1H3,(H2,17,20). The molecule has 3 nitrogen and oxygen atoms in total. The van der Waals surface area contributed by atoms with E-state index in [9.17, 15) is 18.0 Å². The molecule has 1 rings (SSSR count). The number of carbonyl (C=O) groups excluding carboxylic acids is 1. The van der Waals surface area contributed by atoms with Crippen molar-refractivity contribution in [1.82, 2.24) is 4.90 Å². The molecule has 0 aliphatic rings. The molecule has 0 heterocycles. The van der Waals surface area contributed by atoms with Crippen molar-refractivity contribution in [3.8, 4) is 0 Å². The summed E-state index contributed by atoms with van der Waals surface area (Å²) in [5, 5.41) is 0. The third-order valence-corrected chi connectivity index (χ3v) is 2.92. The lowest BCUT2D eigenvalue weighted by Crippen LogP contribution is -2.27. The molecule has 0 saturated heterocycles. The summed E-state index contributed by atoms with van der Waals surface area (Å²) in [6.45, 7) is 0.215. The SMILES string of the molecule is CN(Cc1cccc(C(N)=S)c1)C(=O)CCC(F)(F)F. The van der Waals surface area contributed by atoms with E-state index < -0.39 is 24.9 Å². The normalized spacial score (nSPS) is 11.2. The molecule has 0 bridgehead atoms. The van der Waals surface area contributed by atoms with E-state index in [1.807, 2.05) is 0 Å². The predicted molar refractivity (Wildman–Crippen MR) is 74.1 cm³/mol. The second-order valence-corrected chi connectivity index (χ2v) is 4.87. The first-order chi connectivity index (χ1) is 9.19. The quantitative estimate of drug-likeness (QED) is 0.851. The Kier molecular flexibility index (Phi) is 5.50. The molecule has 110 valence electrons. The Hall–Kier alpha value is -1.63. The summed E-state index contributed by atoms with van der Waals surface area (Å²) < 4.78 is 36.1. The Morgan fingerprint density at radius 1 is 1.40 bits per heavy atom. The molecule has 1 aromatic rings. The van der Waals surface area contributed by atoms with Gasteiger partial charge < -0.3 is 10.6 Å². The number of hydrogen-bond donors (Lipinski definition) is 1. The minimum absolute atomic E-state index is 0.215. The average Bonchev–Trinajstić information content (AvgIpc) is 2.35. The average molecular weight is 304 g/mol. The number of rotatable bonds is 5. The van der Waals surface area contributed by atoms with Gasteiger partial charge in [0.2, 0.25) is 5.91 Å². The van der Waals surface area contributed by atoms with E-state index in [0.29, 0.717) is 5.56 Å². The van der Waals surface area contributed by atoms with Crippen molar-refractivity contribution in [2.24, 2.45) is 5.73 Å². The Bertz CT molecular complexity index is 503. The van der Waals surface area contributed by atoms with Gasteiger partial charge in [0.05, 0.1) is 6.42 Å². The Balaban J connectivity index is 2.61. The van der Waals surface area contributed by atoms with Gasteiger partial charge in [0, 0.05) is 25.6 Å².